The van der Waals surface area contributed by atoms with Crippen molar-refractivity contribution in [2.45, 2.75) is 56.1 Å². The molecule has 4 unspecified atom stereocenters. The monoisotopic (exact) mass is 777 g/mol. The molecular weight excluding hydrogens is 730 g/mol. The van der Waals surface area contributed by atoms with E-state index in [4.69, 9.17) is 24.1 Å². The van der Waals surface area contributed by atoms with E-state index in [1.165, 1.54) is 12.1 Å². The van der Waals surface area contributed by atoms with Gasteiger partial charge in [0.15, 0.2) is 0 Å². The Morgan fingerprint density at radius 3 is 2.39 bits per heavy atom. The predicted molar refractivity (Wildman–Crippen MR) is 211 cm³/mol. The van der Waals surface area contributed by atoms with Gasteiger partial charge < -0.3 is 49.8 Å². The van der Waals surface area contributed by atoms with Crippen molar-refractivity contribution in [3.05, 3.63) is 130 Å². The van der Waals surface area contributed by atoms with Gasteiger partial charge in [0.05, 0.1) is 18.2 Å². The second kappa shape index (κ2) is 17.2. The predicted octanol–water partition coefficient (Wildman–Crippen LogP) is 5.21. The number of carbonyl (C=O) groups is 2. The lowest BCUT2D eigenvalue weighted by atomic mass is 9.83. The number of ether oxygens (including phenoxy) is 3. The van der Waals surface area contributed by atoms with Gasteiger partial charge in [-0.1, -0.05) is 54.6 Å². The molecule has 57 heavy (non-hydrogen) atoms. The van der Waals surface area contributed by atoms with Gasteiger partial charge in [0.2, 0.25) is 11.2 Å². The third-order valence-electron chi connectivity index (χ3n) is 11.4. The van der Waals surface area contributed by atoms with E-state index in [1.54, 1.807) is 48.5 Å². The lowest BCUT2D eigenvalue weighted by Crippen LogP contribution is -2.44. The van der Waals surface area contributed by atoms with Crippen LogP contribution in [-0.2, 0) is 26.5 Å². The van der Waals surface area contributed by atoms with E-state index in [-0.39, 0.29) is 36.3 Å². The molecule has 5 atom stereocenters. The summed E-state index contributed by atoms with van der Waals surface area (Å²) in [5, 5.41) is 43.8. The molecule has 2 fully saturated rings. The van der Waals surface area contributed by atoms with Crippen LogP contribution in [0.15, 0.2) is 102 Å². The van der Waals surface area contributed by atoms with Crippen molar-refractivity contribution in [2.75, 3.05) is 26.7 Å². The number of hydrogen-bond acceptors (Lipinski definition) is 11. The largest absolute Gasteiger partial charge is 0.506 e. The van der Waals surface area contributed by atoms with Crippen molar-refractivity contribution in [3.63, 3.8) is 0 Å². The van der Waals surface area contributed by atoms with E-state index in [9.17, 15) is 24.9 Å². The van der Waals surface area contributed by atoms with E-state index in [2.05, 4.69) is 22.2 Å². The van der Waals surface area contributed by atoms with Crippen LogP contribution in [0.1, 0.15) is 54.0 Å². The fourth-order valence-electron chi connectivity index (χ4n) is 8.84. The Hall–Kier alpha value is -5.73. The molecule has 2 aliphatic carbocycles. The van der Waals surface area contributed by atoms with E-state index in [1.807, 2.05) is 36.4 Å². The second-order valence-corrected chi connectivity index (χ2v) is 14.8. The Balaban J connectivity index is 0.00000160. The number of pyridine rings is 1. The average Bonchev–Trinajstić information content (AvgIpc) is 3.79. The van der Waals surface area contributed by atoms with Gasteiger partial charge >= 0.3 is 5.97 Å². The van der Waals surface area contributed by atoms with Gasteiger partial charge in [0.1, 0.15) is 29.1 Å². The number of aromatic amines is 1. The maximum absolute atomic E-state index is 13.9. The Morgan fingerprint density at radius 2 is 1.68 bits per heavy atom. The lowest BCUT2D eigenvalue weighted by molar-refractivity contribution is -0.171. The number of carbonyl (C=O) groups excluding carboxylic acids is 1. The summed E-state index contributed by atoms with van der Waals surface area (Å²) in [5.74, 6) is 1.62. The summed E-state index contributed by atoms with van der Waals surface area (Å²) in [7, 11) is 2.14. The molecule has 0 amide bonds. The number of aliphatic hydroxyl groups excluding tert-OH is 1. The number of fused-ring (bicyclic) bond motifs is 5. The molecule has 0 spiro atoms. The third-order valence-corrected chi connectivity index (χ3v) is 11.4. The van der Waals surface area contributed by atoms with Crippen molar-refractivity contribution in [2.24, 2.45) is 11.8 Å². The highest BCUT2D eigenvalue weighted by Crippen LogP contribution is 2.51. The number of nitrogens with zero attached hydrogens (tertiary/aromatic N) is 1. The van der Waals surface area contributed by atoms with E-state index in [0.29, 0.717) is 64.2 Å². The molecule has 2 heterocycles. The summed E-state index contributed by atoms with van der Waals surface area (Å²) in [5.41, 5.74) is 0.498. The minimum Gasteiger partial charge on any atom is -0.506 e. The number of para-hydroxylation sites is 2. The van der Waals surface area contributed by atoms with Crippen molar-refractivity contribution >= 4 is 23.3 Å². The Kier molecular flexibility index (Phi) is 11.9. The zero-order valence-electron chi connectivity index (χ0n) is 31.5. The minimum absolute atomic E-state index is 0.0396. The fraction of sp³-hybridized carbons (Fsp3) is 0.341. The molecule has 0 radical (unpaired) electrons. The van der Waals surface area contributed by atoms with Crippen LogP contribution in [0, 0.1) is 11.8 Å². The van der Waals surface area contributed by atoms with E-state index < -0.39 is 17.7 Å². The summed E-state index contributed by atoms with van der Waals surface area (Å²) >= 11 is 0. The van der Waals surface area contributed by atoms with Gasteiger partial charge in [0.25, 0.3) is 6.47 Å². The number of rotatable bonds is 13. The topological polar surface area (TPSA) is 191 Å². The van der Waals surface area contributed by atoms with Gasteiger partial charge in [-0.3, -0.25) is 9.59 Å². The van der Waals surface area contributed by atoms with Crippen LogP contribution in [-0.4, -0.2) is 81.6 Å². The average molecular weight is 778 g/mol. The molecule has 1 aromatic heterocycles. The highest BCUT2D eigenvalue weighted by molar-refractivity contribution is 5.89. The molecule has 5 aromatic rings. The van der Waals surface area contributed by atoms with Gasteiger partial charge in [0, 0.05) is 54.2 Å². The highest BCUT2D eigenvalue weighted by Gasteiger charge is 2.54. The number of carboxylic acid groups (broad SMARTS) is 1. The van der Waals surface area contributed by atoms with Gasteiger partial charge in [-0.2, -0.15) is 0 Å². The SMILES string of the molecule is CN(CCCOc1ccc(CNC[C@H](O)c2ccc(O)c3[nH]c(=O)ccc23)cc1)C1C2CCC1C(OC(=O)C1(O)c3ccccc3Oc3ccccc31)C2.O=CO. The first-order chi connectivity index (χ1) is 27.6. The molecule has 2 saturated carbocycles. The molecular formula is C44H47N3O10. The number of esters is 1. The first-order valence-corrected chi connectivity index (χ1v) is 19.2. The Bertz CT molecular complexity index is 2210. The Morgan fingerprint density at radius 1 is 1.00 bits per heavy atom. The fourth-order valence-corrected chi connectivity index (χ4v) is 8.84. The van der Waals surface area contributed by atoms with Crippen LogP contribution >= 0.6 is 0 Å². The van der Waals surface area contributed by atoms with Crippen LogP contribution < -0.4 is 20.3 Å². The summed E-state index contributed by atoms with van der Waals surface area (Å²) in [4.78, 5) is 39.0. The molecule has 13 heteroatoms. The zero-order chi connectivity index (χ0) is 40.1. The molecule has 8 rings (SSSR count). The first kappa shape index (κ1) is 39.5. The van der Waals surface area contributed by atoms with Crippen molar-refractivity contribution in [1.82, 2.24) is 15.2 Å². The molecule has 6 N–H and O–H groups in total. The lowest BCUT2D eigenvalue weighted by Gasteiger charge is -2.35. The first-order valence-electron chi connectivity index (χ1n) is 19.2. The minimum atomic E-state index is -1.95. The number of nitrogens with one attached hydrogen (secondary N) is 2. The summed E-state index contributed by atoms with van der Waals surface area (Å²) in [6.45, 7) is 1.99. The number of aliphatic hydroxyl groups is 2. The number of aromatic hydroxyl groups is 1. The third kappa shape index (κ3) is 8.10. The molecule has 2 bridgehead atoms. The zero-order valence-corrected chi connectivity index (χ0v) is 31.5. The highest BCUT2D eigenvalue weighted by atomic mass is 16.6. The number of benzene rings is 4. The number of H-pyrrole nitrogens is 1. The molecule has 4 aromatic carbocycles. The maximum atomic E-state index is 13.9. The molecule has 1 aliphatic heterocycles. The van der Waals surface area contributed by atoms with Crippen molar-refractivity contribution < 1.29 is 44.2 Å². The van der Waals surface area contributed by atoms with Crippen LogP contribution in [0.5, 0.6) is 23.0 Å². The van der Waals surface area contributed by atoms with Crippen LogP contribution in [0.4, 0.5) is 0 Å². The van der Waals surface area contributed by atoms with E-state index in [0.717, 1.165) is 43.5 Å². The Labute approximate surface area is 329 Å². The number of phenols is 1. The summed E-state index contributed by atoms with van der Waals surface area (Å²) < 4.78 is 18.3. The molecule has 3 aliphatic rings. The van der Waals surface area contributed by atoms with Gasteiger partial charge in [-0.15, -0.1) is 0 Å². The number of phenolic OH excluding ortho intramolecular Hbond substituents is 1. The van der Waals surface area contributed by atoms with Crippen molar-refractivity contribution in [3.8, 4) is 23.0 Å². The quantitative estimate of drug-likeness (QED) is 0.0521. The second-order valence-electron chi connectivity index (χ2n) is 14.8. The van der Waals surface area contributed by atoms with Crippen LogP contribution in [0.2, 0.25) is 0 Å². The summed E-state index contributed by atoms with van der Waals surface area (Å²) in [6, 6.07) is 28.5. The van der Waals surface area contributed by atoms with Crippen LogP contribution in [0.25, 0.3) is 10.9 Å². The molecule has 298 valence electrons. The molecule has 0 saturated heterocycles. The number of hydrogen-bond donors (Lipinski definition) is 6. The van der Waals surface area contributed by atoms with E-state index >= 15 is 0 Å². The normalized spacial score (nSPS) is 20.4. The summed E-state index contributed by atoms with van der Waals surface area (Å²) in [6.07, 6.45) is 2.62. The number of aromatic nitrogens is 1. The molecule has 13 nitrogen and oxygen atoms in total. The van der Waals surface area contributed by atoms with Crippen molar-refractivity contribution in [1.29, 1.82) is 0 Å². The van der Waals surface area contributed by atoms with Gasteiger partial charge in [-0.05, 0) is 86.2 Å². The van der Waals surface area contributed by atoms with Gasteiger partial charge in [-0.25, -0.2) is 4.79 Å². The smallest absolute Gasteiger partial charge is 0.348 e. The maximum Gasteiger partial charge on any atom is 0.348 e. The van der Waals surface area contributed by atoms with Crippen LogP contribution in [0.3, 0.4) is 0 Å². The standard InChI is InChI=1S/C43H45N3O8.CH2O2/c1-46(21-6-22-52-28-14-11-26(12-15-28)24-44-25-35(48)29-17-19-34(47)40-30(29)18-20-39(49)45-40)41-27-13-16-31(41)38(23-27)54-42(50)43(51)32-7-2-4-9-36(32)53-37-10-5-3-8-33(37)43;2-1-3/h2-5,7-12,14-15,17-20,27,31,35,38,41,44,47-48,51H,6,13,16,21-25H2,1H3,(H,45,49);1H,(H,2,3)/t27?,31?,35-,38?,41?;/m0./s1.